The van der Waals surface area contributed by atoms with Gasteiger partial charge in [-0.3, -0.25) is 9.78 Å². The van der Waals surface area contributed by atoms with Crippen molar-refractivity contribution in [3.63, 3.8) is 0 Å². The lowest BCUT2D eigenvalue weighted by Gasteiger charge is -2.35. The van der Waals surface area contributed by atoms with Crippen LogP contribution in [0.2, 0.25) is 0 Å². The van der Waals surface area contributed by atoms with Gasteiger partial charge in [-0.15, -0.1) is 0 Å². The highest BCUT2D eigenvalue weighted by Gasteiger charge is 2.17. The van der Waals surface area contributed by atoms with E-state index in [0.29, 0.717) is 19.6 Å². The van der Waals surface area contributed by atoms with Crippen LogP contribution in [-0.2, 0) is 11.3 Å². The number of nitrogens with zero attached hydrogens (tertiary/aromatic N) is 4. The highest BCUT2D eigenvalue weighted by molar-refractivity contribution is 5.97. The van der Waals surface area contributed by atoms with Crippen molar-refractivity contribution in [1.82, 2.24) is 15.2 Å². The highest BCUT2D eigenvalue weighted by atomic mass is 19.1. The molecular weight excluding hydrogens is 345 g/mol. The molecule has 138 valence electrons. The highest BCUT2D eigenvalue weighted by Crippen LogP contribution is 2.17. The maximum absolute atomic E-state index is 13.0. The molecule has 0 unspecified atom stereocenters. The molecule has 0 aliphatic carbocycles. The second kappa shape index (κ2) is 8.81. The summed E-state index contributed by atoms with van der Waals surface area (Å²) < 4.78 is 13.0. The number of rotatable bonds is 5. The predicted molar refractivity (Wildman–Crippen MR) is 100.0 cm³/mol. The first kappa shape index (κ1) is 18.4. The van der Waals surface area contributed by atoms with E-state index in [0.717, 1.165) is 24.3 Å². The van der Waals surface area contributed by atoms with Crippen molar-refractivity contribution < 1.29 is 9.18 Å². The van der Waals surface area contributed by atoms with Crippen molar-refractivity contribution in [3.05, 3.63) is 71.9 Å². The normalized spacial score (nSPS) is 14.6. The molecule has 2 heterocycles. The Kier molecular flexibility index (Phi) is 6.00. The molecule has 7 heteroatoms. The van der Waals surface area contributed by atoms with Crippen LogP contribution in [0, 0.1) is 17.1 Å². The third-order valence-electron chi connectivity index (χ3n) is 4.36. The number of nitrogens with one attached hydrogen (secondary N) is 1. The van der Waals surface area contributed by atoms with Crippen LogP contribution in [0.1, 0.15) is 5.56 Å². The number of nitriles is 1. The summed E-state index contributed by atoms with van der Waals surface area (Å²) >= 11 is 0. The van der Waals surface area contributed by atoms with Gasteiger partial charge < -0.3 is 15.1 Å². The maximum Gasteiger partial charge on any atom is 0.263 e. The Bertz CT molecular complexity index is 837. The van der Waals surface area contributed by atoms with Crippen LogP contribution in [-0.4, -0.2) is 42.0 Å². The molecule has 27 heavy (non-hydrogen) atoms. The second-order valence-corrected chi connectivity index (χ2v) is 6.20. The summed E-state index contributed by atoms with van der Waals surface area (Å²) in [7, 11) is 0. The first-order chi connectivity index (χ1) is 13.2. The van der Waals surface area contributed by atoms with Crippen LogP contribution in [0.25, 0.3) is 0 Å². The quantitative estimate of drug-likeness (QED) is 0.649. The third kappa shape index (κ3) is 5.05. The van der Waals surface area contributed by atoms with E-state index in [1.807, 2.05) is 17.0 Å². The van der Waals surface area contributed by atoms with E-state index in [9.17, 15) is 14.4 Å². The van der Waals surface area contributed by atoms with Crippen LogP contribution < -0.4 is 10.2 Å². The summed E-state index contributed by atoms with van der Waals surface area (Å²) in [6.07, 6.45) is 4.95. The van der Waals surface area contributed by atoms with Gasteiger partial charge in [0.25, 0.3) is 5.91 Å². The zero-order chi connectivity index (χ0) is 19.1. The van der Waals surface area contributed by atoms with E-state index in [4.69, 9.17) is 0 Å². The molecule has 2 aromatic rings. The molecule has 0 radical (unpaired) electrons. The number of carbonyl (C=O) groups excluding carboxylic acids is 1. The summed E-state index contributed by atoms with van der Waals surface area (Å²) in [5.74, 6) is -0.654. The van der Waals surface area contributed by atoms with Crippen LogP contribution in [0.15, 0.2) is 60.6 Å². The van der Waals surface area contributed by atoms with Gasteiger partial charge in [0.2, 0.25) is 0 Å². The van der Waals surface area contributed by atoms with Crippen LogP contribution in [0.3, 0.4) is 0 Å². The zero-order valence-corrected chi connectivity index (χ0v) is 14.8. The van der Waals surface area contributed by atoms with Crippen molar-refractivity contribution in [2.24, 2.45) is 0 Å². The molecule has 3 rings (SSSR count). The number of hydrogen-bond donors (Lipinski definition) is 1. The largest absolute Gasteiger partial charge is 0.373 e. The van der Waals surface area contributed by atoms with Crippen molar-refractivity contribution in [3.8, 4) is 6.07 Å². The molecule has 1 aromatic heterocycles. The van der Waals surface area contributed by atoms with Crippen molar-refractivity contribution in [2.75, 3.05) is 31.1 Å². The maximum atomic E-state index is 13.0. The molecule has 6 nitrogen and oxygen atoms in total. The lowest BCUT2D eigenvalue weighted by molar-refractivity contribution is -0.117. The van der Waals surface area contributed by atoms with Gasteiger partial charge in [0, 0.05) is 57.0 Å². The van der Waals surface area contributed by atoms with Crippen molar-refractivity contribution in [2.45, 2.75) is 6.54 Å². The Morgan fingerprint density at radius 1 is 1.22 bits per heavy atom. The Balaban J connectivity index is 1.54. The predicted octanol–water partition coefficient (Wildman–Crippen LogP) is 2.07. The number of hydrogen-bond acceptors (Lipinski definition) is 5. The minimum atomic E-state index is -0.401. The molecule has 1 aromatic carbocycles. The molecule has 0 spiro atoms. The minimum absolute atomic E-state index is 0.0779. The fraction of sp³-hybridized carbons (Fsp3) is 0.250. The lowest BCUT2D eigenvalue weighted by Crippen LogP contribution is -2.44. The third-order valence-corrected chi connectivity index (χ3v) is 4.36. The van der Waals surface area contributed by atoms with E-state index in [1.165, 1.54) is 12.1 Å². The van der Waals surface area contributed by atoms with Gasteiger partial charge >= 0.3 is 0 Å². The molecule has 0 bridgehead atoms. The van der Waals surface area contributed by atoms with Crippen molar-refractivity contribution >= 4 is 11.6 Å². The van der Waals surface area contributed by atoms with E-state index < -0.39 is 5.91 Å². The summed E-state index contributed by atoms with van der Waals surface area (Å²) in [5.41, 5.74) is 1.92. The number of carbonyl (C=O) groups is 1. The Hall–Kier alpha value is -3.40. The Labute approximate surface area is 157 Å². The molecule has 0 saturated carbocycles. The molecule has 1 aliphatic heterocycles. The fourth-order valence-corrected chi connectivity index (χ4v) is 2.86. The number of amides is 1. The summed E-state index contributed by atoms with van der Waals surface area (Å²) in [6.45, 7) is 3.15. The van der Waals surface area contributed by atoms with E-state index >= 15 is 0 Å². The number of benzene rings is 1. The van der Waals surface area contributed by atoms with E-state index in [-0.39, 0.29) is 11.4 Å². The smallest absolute Gasteiger partial charge is 0.263 e. The number of aromatic nitrogens is 1. The average Bonchev–Trinajstić information content (AvgIpc) is 2.72. The average molecular weight is 365 g/mol. The number of piperazine rings is 1. The van der Waals surface area contributed by atoms with E-state index in [1.54, 1.807) is 36.8 Å². The standard InChI is InChI=1S/C20H20FN5O/c21-18-3-5-19(6-4-18)26-10-8-25(9-11-26)15-17(12-22)20(27)24-14-16-2-1-7-23-13-16/h1-7,13,15H,8-11,14H2,(H,24,27)/b17-15-. The van der Waals surface area contributed by atoms with Crippen LogP contribution >= 0.6 is 0 Å². The molecule has 1 N–H and O–H groups in total. The van der Waals surface area contributed by atoms with Gasteiger partial charge in [-0.25, -0.2) is 4.39 Å². The molecule has 1 saturated heterocycles. The number of halogens is 1. The van der Waals surface area contributed by atoms with Gasteiger partial charge in [0.1, 0.15) is 17.5 Å². The van der Waals surface area contributed by atoms with Crippen LogP contribution in [0.5, 0.6) is 0 Å². The van der Waals surface area contributed by atoms with Crippen LogP contribution in [0.4, 0.5) is 10.1 Å². The first-order valence-electron chi connectivity index (χ1n) is 8.69. The minimum Gasteiger partial charge on any atom is -0.373 e. The van der Waals surface area contributed by atoms with E-state index in [2.05, 4.69) is 15.2 Å². The number of pyridine rings is 1. The Morgan fingerprint density at radius 2 is 1.96 bits per heavy atom. The molecule has 1 aliphatic rings. The zero-order valence-electron chi connectivity index (χ0n) is 14.8. The van der Waals surface area contributed by atoms with Crippen molar-refractivity contribution in [1.29, 1.82) is 5.26 Å². The first-order valence-corrected chi connectivity index (χ1v) is 8.69. The summed E-state index contributed by atoms with van der Waals surface area (Å²) in [5, 5.41) is 12.1. The number of anilines is 1. The molecule has 1 fully saturated rings. The second-order valence-electron chi connectivity index (χ2n) is 6.20. The Morgan fingerprint density at radius 3 is 2.59 bits per heavy atom. The fourth-order valence-electron chi connectivity index (χ4n) is 2.86. The monoisotopic (exact) mass is 365 g/mol. The molecular formula is C20H20FN5O. The van der Waals surface area contributed by atoms with Gasteiger partial charge in [0.15, 0.2) is 0 Å². The lowest BCUT2D eigenvalue weighted by atomic mass is 10.2. The van der Waals surface area contributed by atoms with Gasteiger partial charge in [-0.1, -0.05) is 6.07 Å². The van der Waals surface area contributed by atoms with Gasteiger partial charge in [-0.2, -0.15) is 5.26 Å². The topological polar surface area (TPSA) is 72.3 Å². The summed E-state index contributed by atoms with van der Waals surface area (Å²) in [4.78, 5) is 20.3. The summed E-state index contributed by atoms with van der Waals surface area (Å²) in [6, 6.07) is 12.0. The SMILES string of the molecule is N#C/C(=C/N1CCN(c2ccc(F)cc2)CC1)C(=O)NCc1cccnc1. The van der Waals surface area contributed by atoms with Gasteiger partial charge in [0.05, 0.1) is 0 Å². The molecule has 0 atom stereocenters. The van der Waals surface area contributed by atoms with Gasteiger partial charge in [-0.05, 0) is 35.9 Å². The molecule has 1 amide bonds.